The Bertz CT molecular complexity index is 827. The fraction of sp³-hybridized carbons (Fsp3) is 0.211. The van der Waals surface area contributed by atoms with Crippen molar-refractivity contribution in [3.8, 4) is 11.8 Å². The third-order valence-electron chi connectivity index (χ3n) is 4.00. The smallest absolute Gasteiger partial charge is 0.314 e. The van der Waals surface area contributed by atoms with E-state index in [1.165, 1.54) is 20.1 Å². The number of amides is 1. The van der Waals surface area contributed by atoms with Gasteiger partial charge < -0.3 is 15.2 Å². The maximum absolute atomic E-state index is 12.5. The summed E-state index contributed by atoms with van der Waals surface area (Å²) in [5, 5.41) is 21.3. The van der Waals surface area contributed by atoms with Crippen molar-refractivity contribution in [2.75, 3.05) is 12.4 Å². The van der Waals surface area contributed by atoms with Gasteiger partial charge in [0.25, 0.3) is 0 Å². The van der Waals surface area contributed by atoms with Gasteiger partial charge in [-0.05, 0) is 30.7 Å². The van der Waals surface area contributed by atoms with Gasteiger partial charge in [0.1, 0.15) is 5.75 Å². The molecule has 0 aliphatic heterocycles. The SMILES string of the molecule is COc1ccc(C#N)cc1NC(=O)CC(C)(C(=O)O)c1ccccc1. The molecular weight excluding hydrogens is 320 g/mol. The van der Waals surface area contributed by atoms with Crippen LogP contribution in [0.3, 0.4) is 0 Å². The van der Waals surface area contributed by atoms with E-state index < -0.39 is 17.3 Å². The number of anilines is 1. The van der Waals surface area contributed by atoms with E-state index >= 15 is 0 Å². The highest BCUT2D eigenvalue weighted by Gasteiger charge is 2.37. The maximum Gasteiger partial charge on any atom is 0.314 e. The molecule has 0 bridgehead atoms. The number of aliphatic carboxylic acids is 1. The lowest BCUT2D eigenvalue weighted by molar-refractivity contribution is -0.145. The van der Waals surface area contributed by atoms with Gasteiger partial charge >= 0.3 is 5.97 Å². The number of hydrogen-bond acceptors (Lipinski definition) is 4. The summed E-state index contributed by atoms with van der Waals surface area (Å²) in [6.45, 7) is 1.51. The Kier molecular flexibility index (Phi) is 5.40. The van der Waals surface area contributed by atoms with E-state index in [0.29, 0.717) is 22.6 Å². The highest BCUT2D eigenvalue weighted by molar-refractivity contribution is 5.97. The molecule has 0 spiro atoms. The summed E-state index contributed by atoms with van der Waals surface area (Å²) in [7, 11) is 1.45. The van der Waals surface area contributed by atoms with Crippen molar-refractivity contribution in [3.63, 3.8) is 0 Å². The molecule has 2 aromatic rings. The van der Waals surface area contributed by atoms with Gasteiger partial charge in [-0.15, -0.1) is 0 Å². The van der Waals surface area contributed by atoms with Gasteiger partial charge in [-0.25, -0.2) is 0 Å². The van der Waals surface area contributed by atoms with Crippen LogP contribution < -0.4 is 10.1 Å². The number of carboxylic acids is 1. The molecule has 0 radical (unpaired) electrons. The molecule has 2 aromatic carbocycles. The van der Waals surface area contributed by atoms with Crippen molar-refractivity contribution >= 4 is 17.6 Å². The molecule has 0 saturated heterocycles. The molecule has 128 valence electrons. The van der Waals surface area contributed by atoms with Gasteiger partial charge in [-0.2, -0.15) is 5.26 Å². The van der Waals surface area contributed by atoms with Crippen LogP contribution in [0.25, 0.3) is 0 Å². The molecule has 0 aliphatic carbocycles. The first-order chi connectivity index (χ1) is 11.9. The fourth-order valence-electron chi connectivity index (χ4n) is 2.50. The quantitative estimate of drug-likeness (QED) is 0.843. The largest absolute Gasteiger partial charge is 0.495 e. The molecule has 0 saturated carbocycles. The number of ether oxygens (including phenoxy) is 1. The summed E-state index contributed by atoms with van der Waals surface area (Å²) in [6.07, 6.45) is -0.258. The van der Waals surface area contributed by atoms with Crippen LogP contribution in [0, 0.1) is 11.3 Å². The first kappa shape index (κ1) is 18.0. The van der Waals surface area contributed by atoms with E-state index in [0.717, 1.165) is 0 Å². The highest BCUT2D eigenvalue weighted by Crippen LogP contribution is 2.30. The minimum absolute atomic E-state index is 0.258. The summed E-state index contributed by atoms with van der Waals surface area (Å²) in [4.78, 5) is 24.2. The lowest BCUT2D eigenvalue weighted by atomic mass is 9.79. The molecule has 1 unspecified atom stereocenters. The number of hydrogen-bond donors (Lipinski definition) is 2. The number of carbonyl (C=O) groups is 2. The summed E-state index contributed by atoms with van der Waals surface area (Å²) in [5.41, 5.74) is -0.145. The van der Waals surface area contributed by atoms with Gasteiger partial charge in [0.2, 0.25) is 5.91 Å². The van der Waals surface area contributed by atoms with E-state index in [1.807, 2.05) is 6.07 Å². The number of nitrogens with one attached hydrogen (secondary N) is 1. The van der Waals surface area contributed by atoms with Gasteiger partial charge in [0.15, 0.2) is 0 Å². The molecule has 25 heavy (non-hydrogen) atoms. The van der Waals surface area contributed by atoms with Gasteiger partial charge in [-0.3, -0.25) is 9.59 Å². The van der Waals surface area contributed by atoms with Crippen LogP contribution >= 0.6 is 0 Å². The number of carboxylic acid groups (broad SMARTS) is 1. The van der Waals surface area contributed by atoms with Crippen molar-refractivity contribution < 1.29 is 19.4 Å². The molecule has 6 heteroatoms. The Balaban J connectivity index is 2.27. The minimum Gasteiger partial charge on any atom is -0.495 e. The first-order valence-electron chi connectivity index (χ1n) is 7.57. The Morgan fingerprint density at radius 3 is 2.48 bits per heavy atom. The molecule has 0 aliphatic rings. The molecule has 0 fully saturated rings. The van der Waals surface area contributed by atoms with Crippen molar-refractivity contribution in [1.82, 2.24) is 0 Å². The zero-order chi connectivity index (χ0) is 18.4. The standard InChI is InChI=1S/C19H18N2O4/c1-19(18(23)24,14-6-4-3-5-7-14)11-17(22)21-15-10-13(12-20)8-9-16(15)25-2/h3-10H,11H2,1-2H3,(H,21,22)(H,23,24). The summed E-state index contributed by atoms with van der Waals surface area (Å²) >= 11 is 0. The lowest BCUT2D eigenvalue weighted by Crippen LogP contribution is -2.36. The molecule has 2 N–H and O–H groups in total. The lowest BCUT2D eigenvalue weighted by Gasteiger charge is -2.25. The van der Waals surface area contributed by atoms with E-state index in [2.05, 4.69) is 5.32 Å². The van der Waals surface area contributed by atoms with Crippen molar-refractivity contribution in [1.29, 1.82) is 5.26 Å². The van der Waals surface area contributed by atoms with Crippen molar-refractivity contribution in [3.05, 3.63) is 59.7 Å². The van der Waals surface area contributed by atoms with E-state index in [9.17, 15) is 14.7 Å². The van der Waals surface area contributed by atoms with Crippen LogP contribution in [-0.4, -0.2) is 24.1 Å². The summed E-state index contributed by atoms with van der Waals surface area (Å²) < 4.78 is 5.17. The van der Waals surface area contributed by atoms with Crippen LogP contribution in [-0.2, 0) is 15.0 Å². The molecule has 1 amide bonds. The Hall–Kier alpha value is -3.33. The minimum atomic E-state index is -1.37. The van der Waals surface area contributed by atoms with Gasteiger partial charge in [0, 0.05) is 6.42 Å². The maximum atomic E-state index is 12.5. The van der Waals surface area contributed by atoms with Crippen LogP contribution in [0.5, 0.6) is 5.75 Å². The fourth-order valence-corrected chi connectivity index (χ4v) is 2.50. The Morgan fingerprint density at radius 1 is 1.24 bits per heavy atom. The number of nitriles is 1. The molecular formula is C19H18N2O4. The topological polar surface area (TPSA) is 99.4 Å². The molecule has 6 nitrogen and oxygen atoms in total. The first-order valence-corrected chi connectivity index (χ1v) is 7.57. The molecule has 0 heterocycles. The second-order valence-electron chi connectivity index (χ2n) is 5.76. The van der Waals surface area contributed by atoms with E-state index in [-0.39, 0.29) is 6.42 Å². The second-order valence-corrected chi connectivity index (χ2v) is 5.76. The molecule has 1 atom stereocenters. The summed E-state index contributed by atoms with van der Waals surface area (Å²) in [5.74, 6) is -1.18. The van der Waals surface area contributed by atoms with Crippen LogP contribution in [0.15, 0.2) is 48.5 Å². The average Bonchev–Trinajstić information content (AvgIpc) is 2.62. The average molecular weight is 338 g/mol. The molecule has 2 rings (SSSR count). The van der Waals surface area contributed by atoms with E-state index in [1.54, 1.807) is 42.5 Å². The van der Waals surface area contributed by atoms with Crippen LogP contribution in [0.2, 0.25) is 0 Å². The number of carbonyl (C=O) groups excluding carboxylic acids is 1. The van der Waals surface area contributed by atoms with Crippen LogP contribution in [0.4, 0.5) is 5.69 Å². The summed E-state index contributed by atoms with van der Waals surface area (Å²) in [6, 6.07) is 15.2. The predicted octanol–water partition coefficient (Wildman–Crippen LogP) is 2.94. The normalized spacial score (nSPS) is 12.5. The third kappa shape index (κ3) is 3.96. The number of benzene rings is 2. The third-order valence-corrected chi connectivity index (χ3v) is 4.00. The second kappa shape index (κ2) is 7.49. The number of rotatable bonds is 6. The Morgan fingerprint density at radius 2 is 1.92 bits per heavy atom. The number of nitrogens with zero attached hydrogens (tertiary/aromatic N) is 1. The zero-order valence-electron chi connectivity index (χ0n) is 13.9. The zero-order valence-corrected chi connectivity index (χ0v) is 13.9. The van der Waals surface area contributed by atoms with Gasteiger partial charge in [-0.1, -0.05) is 30.3 Å². The Labute approximate surface area is 145 Å². The predicted molar refractivity (Wildman–Crippen MR) is 92.4 cm³/mol. The van der Waals surface area contributed by atoms with Crippen molar-refractivity contribution in [2.24, 2.45) is 0 Å². The van der Waals surface area contributed by atoms with Gasteiger partial charge in [0.05, 0.1) is 29.8 Å². The van der Waals surface area contributed by atoms with Crippen LogP contribution in [0.1, 0.15) is 24.5 Å². The molecule has 0 aromatic heterocycles. The highest BCUT2D eigenvalue weighted by atomic mass is 16.5. The van der Waals surface area contributed by atoms with E-state index in [4.69, 9.17) is 10.00 Å². The van der Waals surface area contributed by atoms with Crippen molar-refractivity contribution in [2.45, 2.75) is 18.8 Å². The monoisotopic (exact) mass is 338 g/mol. The number of methoxy groups -OCH3 is 1.